The molecule has 0 spiro atoms. The summed E-state index contributed by atoms with van der Waals surface area (Å²) in [5.74, 6) is -0.453. The van der Waals surface area contributed by atoms with E-state index in [1.54, 1.807) is 0 Å². The van der Waals surface area contributed by atoms with Gasteiger partial charge in [-0.05, 0) is 17.7 Å². The van der Waals surface area contributed by atoms with Crippen molar-refractivity contribution in [3.63, 3.8) is 0 Å². The fraction of sp³-hybridized carbons (Fsp3) is 0.0833. The SMILES string of the molecule is COc1ncc(-c2ccc(F)cc2C=O)cn1. The lowest BCUT2D eigenvalue weighted by molar-refractivity contribution is 0.112. The lowest BCUT2D eigenvalue weighted by Gasteiger charge is -2.04. The number of carbonyl (C=O) groups is 1. The normalized spacial score (nSPS) is 10.0. The molecule has 0 unspecified atom stereocenters. The fourth-order valence-electron chi connectivity index (χ4n) is 1.45. The van der Waals surface area contributed by atoms with E-state index in [0.717, 1.165) is 0 Å². The largest absolute Gasteiger partial charge is 0.467 e. The Bertz CT molecular complexity index is 541. The molecule has 86 valence electrons. The summed E-state index contributed by atoms with van der Waals surface area (Å²) in [6.45, 7) is 0. The molecule has 0 aliphatic rings. The van der Waals surface area contributed by atoms with Crippen molar-refractivity contribution in [3.8, 4) is 17.1 Å². The Morgan fingerprint density at radius 3 is 2.59 bits per heavy atom. The monoisotopic (exact) mass is 232 g/mol. The number of nitrogens with zero attached hydrogens (tertiary/aromatic N) is 2. The van der Waals surface area contributed by atoms with Crippen molar-refractivity contribution in [1.82, 2.24) is 9.97 Å². The molecule has 17 heavy (non-hydrogen) atoms. The Labute approximate surface area is 97.1 Å². The number of hydrogen-bond donors (Lipinski definition) is 0. The summed E-state index contributed by atoms with van der Waals surface area (Å²) in [5.41, 5.74) is 1.48. The van der Waals surface area contributed by atoms with E-state index < -0.39 is 5.82 Å². The van der Waals surface area contributed by atoms with Gasteiger partial charge in [0.15, 0.2) is 6.29 Å². The highest BCUT2D eigenvalue weighted by Gasteiger charge is 2.07. The molecule has 0 saturated heterocycles. The second-order valence-electron chi connectivity index (χ2n) is 3.31. The third-order valence-corrected chi connectivity index (χ3v) is 2.26. The van der Waals surface area contributed by atoms with E-state index in [2.05, 4.69) is 9.97 Å². The summed E-state index contributed by atoms with van der Waals surface area (Å²) >= 11 is 0. The van der Waals surface area contributed by atoms with Gasteiger partial charge in [0, 0.05) is 23.5 Å². The van der Waals surface area contributed by atoms with E-state index in [9.17, 15) is 9.18 Å². The molecule has 1 aromatic heterocycles. The van der Waals surface area contributed by atoms with Crippen LogP contribution in [0.1, 0.15) is 10.4 Å². The maximum Gasteiger partial charge on any atom is 0.316 e. The molecule has 0 saturated carbocycles. The molecule has 0 N–H and O–H groups in total. The highest BCUT2D eigenvalue weighted by Crippen LogP contribution is 2.22. The van der Waals surface area contributed by atoms with Crippen molar-refractivity contribution in [1.29, 1.82) is 0 Å². The van der Waals surface area contributed by atoms with Crippen molar-refractivity contribution in [3.05, 3.63) is 42.0 Å². The molecular weight excluding hydrogens is 223 g/mol. The van der Waals surface area contributed by atoms with E-state index in [4.69, 9.17) is 4.74 Å². The van der Waals surface area contributed by atoms with Crippen LogP contribution in [0.2, 0.25) is 0 Å². The second-order valence-corrected chi connectivity index (χ2v) is 3.31. The average molecular weight is 232 g/mol. The van der Waals surface area contributed by atoms with Gasteiger partial charge in [-0.25, -0.2) is 14.4 Å². The Kier molecular flexibility index (Phi) is 3.09. The molecule has 2 rings (SSSR count). The van der Waals surface area contributed by atoms with Crippen molar-refractivity contribution < 1.29 is 13.9 Å². The van der Waals surface area contributed by atoms with Gasteiger partial charge in [-0.3, -0.25) is 4.79 Å². The molecule has 0 radical (unpaired) electrons. The van der Waals surface area contributed by atoms with Crippen LogP contribution in [0.4, 0.5) is 4.39 Å². The minimum absolute atomic E-state index is 0.239. The number of aldehydes is 1. The third-order valence-electron chi connectivity index (χ3n) is 2.26. The molecule has 0 aliphatic carbocycles. The van der Waals surface area contributed by atoms with Crippen molar-refractivity contribution in [2.75, 3.05) is 7.11 Å². The van der Waals surface area contributed by atoms with E-state index >= 15 is 0 Å². The zero-order chi connectivity index (χ0) is 12.3. The molecule has 5 heteroatoms. The Hall–Kier alpha value is -2.30. The topological polar surface area (TPSA) is 52.1 Å². The van der Waals surface area contributed by atoms with Crippen molar-refractivity contribution in [2.24, 2.45) is 0 Å². The van der Waals surface area contributed by atoms with Gasteiger partial charge < -0.3 is 4.74 Å². The van der Waals surface area contributed by atoms with E-state index in [-0.39, 0.29) is 11.6 Å². The van der Waals surface area contributed by atoms with Gasteiger partial charge in [0.1, 0.15) is 5.82 Å². The molecule has 0 aliphatic heterocycles. The van der Waals surface area contributed by atoms with E-state index in [0.29, 0.717) is 17.4 Å². The summed E-state index contributed by atoms with van der Waals surface area (Å²) in [4.78, 5) is 18.7. The van der Waals surface area contributed by atoms with E-state index in [1.165, 1.54) is 37.7 Å². The van der Waals surface area contributed by atoms with Crippen LogP contribution in [0.5, 0.6) is 6.01 Å². The number of rotatable bonds is 3. The summed E-state index contributed by atoms with van der Waals surface area (Å²) < 4.78 is 17.8. The van der Waals surface area contributed by atoms with Gasteiger partial charge >= 0.3 is 6.01 Å². The van der Waals surface area contributed by atoms with Gasteiger partial charge in [0.25, 0.3) is 0 Å². The second kappa shape index (κ2) is 4.69. The molecule has 0 fully saturated rings. The van der Waals surface area contributed by atoms with Crippen molar-refractivity contribution >= 4 is 6.29 Å². The molecule has 0 amide bonds. The Morgan fingerprint density at radius 1 is 1.29 bits per heavy atom. The zero-order valence-corrected chi connectivity index (χ0v) is 9.05. The fourth-order valence-corrected chi connectivity index (χ4v) is 1.45. The predicted octanol–water partition coefficient (Wildman–Crippen LogP) is 2.10. The van der Waals surface area contributed by atoms with Crippen LogP contribution in [-0.4, -0.2) is 23.4 Å². The van der Waals surface area contributed by atoms with Crippen LogP contribution in [0.3, 0.4) is 0 Å². The molecule has 0 bridgehead atoms. The van der Waals surface area contributed by atoms with Crippen LogP contribution < -0.4 is 4.74 Å². The van der Waals surface area contributed by atoms with Crippen LogP contribution in [0.25, 0.3) is 11.1 Å². The van der Waals surface area contributed by atoms with Gasteiger partial charge in [-0.2, -0.15) is 0 Å². The maximum atomic E-state index is 13.0. The highest BCUT2D eigenvalue weighted by atomic mass is 19.1. The van der Waals surface area contributed by atoms with Crippen LogP contribution >= 0.6 is 0 Å². The first-order valence-electron chi connectivity index (χ1n) is 4.85. The lowest BCUT2D eigenvalue weighted by atomic mass is 10.0. The van der Waals surface area contributed by atoms with Crippen LogP contribution in [0.15, 0.2) is 30.6 Å². The number of methoxy groups -OCH3 is 1. The van der Waals surface area contributed by atoms with Crippen LogP contribution in [0, 0.1) is 5.82 Å². The first-order chi connectivity index (χ1) is 8.24. The predicted molar refractivity (Wildman–Crippen MR) is 59.4 cm³/mol. The average Bonchev–Trinajstić information content (AvgIpc) is 2.39. The first-order valence-corrected chi connectivity index (χ1v) is 4.85. The quantitative estimate of drug-likeness (QED) is 0.760. The number of benzene rings is 1. The summed E-state index contributed by atoms with van der Waals surface area (Å²) in [6, 6.07) is 4.21. The third kappa shape index (κ3) is 2.28. The Balaban J connectivity index is 2.48. The molecule has 0 atom stereocenters. The summed E-state index contributed by atoms with van der Waals surface area (Å²) in [5, 5.41) is 0. The van der Waals surface area contributed by atoms with E-state index in [1.807, 2.05) is 0 Å². The number of carbonyl (C=O) groups excluding carboxylic acids is 1. The zero-order valence-electron chi connectivity index (χ0n) is 9.05. The van der Waals surface area contributed by atoms with Gasteiger partial charge in [0.05, 0.1) is 7.11 Å². The summed E-state index contributed by atoms with van der Waals surface area (Å²) in [7, 11) is 1.46. The molecular formula is C12H9FN2O2. The smallest absolute Gasteiger partial charge is 0.316 e. The molecule has 1 aromatic carbocycles. The molecule has 4 nitrogen and oxygen atoms in total. The lowest BCUT2D eigenvalue weighted by Crippen LogP contribution is -1.94. The molecule has 2 aromatic rings. The van der Waals surface area contributed by atoms with Gasteiger partial charge in [-0.1, -0.05) is 6.07 Å². The number of halogens is 1. The Morgan fingerprint density at radius 2 is 2.00 bits per heavy atom. The number of hydrogen-bond acceptors (Lipinski definition) is 4. The first kappa shape index (κ1) is 11.2. The highest BCUT2D eigenvalue weighted by molar-refractivity contribution is 5.87. The van der Waals surface area contributed by atoms with Gasteiger partial charge in [0.2, 0.25) is 0 Å². The minimum Gasteiger partial charge on any atom is -0.467 e. The number of aromatic nitrogens is 2. The minimum atomic E-state index is -0.453. The maximum absolute atomic E-state index is 13.0. The summed E-state index contributed by atoms with van der Waals surface area (Å²) in [6.07, 6.45) is 3.64. The van der Waals surface area contributed by atoms with Crippen molar-refractivity contribution in [2.45, 2.75) is 0 Å². The standard InChI is InChI=1S/C12H9FN2O2/c1-17-12-14-5-9(6-15-12)11-3-2-10(13)4-8(11)7-16/h2-7H,1H3. The van der Waals surface area contributed by atoms with Gasteiger partial charge in [-0.15, -0.1) is 0 Å². The van der Waals surface area contributed by atoms with Crippen LogP contribution in [-0.2, 0) is 0 Å². The molecule has 1 heterocycles. The number of ether oxygens (including phenoxy) is 1.